The largest absolute Gasteiger partial charge is 0.398 e. The SMILES string of the molecule is CC(=O)Nc1ccc(Sc2cc(Br)ccc2N)cc1. The summed E-state index contributed by atoms with van der Waals surface area (Å²) in [7, 11) is 0. The lowest BCUT2D eigenvalue weighted by atomic mass is 10.3. The quantitative estimate of drug-likeness (QED) is 0.828. The molecule has 0 bridgehead atoms. The molecule has 0 heterocycles. The Labute approximate surface area is 124 Å². The molecule has 0 unspecified atom stereocenters. The molecule has 3 nitrogen and oxygen atoms in total. The molecule has 0 aliphatic rings. The van der Waals surface area contributed by atoms with Gasteiger partial charge in [-0.05, 0) is 42.5 Å². The lowest BCUT2D eigenvalue weighted by Crippen LogP contribution is -2.05. The minimum Gasteiger partial charge on any atom is -0.398 e. The van der Waals surface area contributed by atoms with Crippen molar-refractivity contribution in [2.75, 3.05) is 11.1 Å². The number of nitrogens with two attached hydrogens (primary N) is 1. The van der Waals surface area contributed by atoms with Crippen molar-refractivity contribution in [3.05, 3.63) is 46.9 Å². The summed E-state index contributed by atoms with van der Waals surface area (Å²) in [6.45, 7) is 1.49. The van der Waals surface area contributed by atoms with E-state index in [2.05, 4.69) is 21.2 Å². The van der Waals surface area contributed by atoms with Crippen LogP contribution in [0.4, 0.5) is 11.4 Å². The highest BCUT2D eigenvalue weighted by molar-refractivity contribution is 9.10. The maximum absolute atomic E-state index is 10.9. The average molecular weight is 337 g/mol. The van der Waals surface area contributed by atoms with Gasteiger partial charge in [0.05, 0.1) is 0 Å². The summed E-state index contributed by atoms with van der Waals surface area (Å²) in [4.78, 5) is 13.0. The second kappa shape index (κ2) is 6.12. The van der Waals surface area contributed by atoms with Gasteiger partial charge in [-0.2, -0.15) is 0 Å². The van der Waals surface area contributed by atoms with Crippen LogP contribution in [0.2, 0.25) is 0 Å². The molecular weight excluding hydrogens is 324 g/mol. The first-order valence-corrected chi connectivity index (χ1v) is 7.26. The van der Waals surface area contributed by atoms with Crippen molar-refractivity contribution in [3.8, 4) is 0 Å². The van der Waals surface area contributed by atoms with Crippen LogP contribution < -0.4 is 11.1 Å². The lowest BCUT2D eigenvalue weighted by molar-refractivity contribution is -0.114. The van der Waals surface area contributed by atoms with E-state index < -0.39 is 0 Å². The highest BCUT2D eigenvalue weighted by Gasteiger charge is 2.03. The number of halogens is 1. The molecule has 2 rings (SSSR count). The number of nitrogens with one attached hydrogen (secondary N) is 1. The predicted octanol–water partition coefficient (Wildman–Crippen LogP) is 4.14. The molecule has 2 aromatic carbocycles. The van der Waals surface area contributed by atoms with E-state index in [1.807, 2.05) is 42.5 Å². The predicted molar refractivity (Wildman–Crippen MR) is 83.4 cm³/mol. The van der Waals surface area contributed by atoms with E-state index in [1.165, 1.54) is 6.92 Å². The second-order valence-electron chi connectivity index (χ2n) is 3.99. The molecule has 1 amide bonds. The fourth-order valence-electron chi connectivity index (χ4n) is 1.53. The van der Waals surface area contributed by atoms with Gasteiger partial charge >= 0.3 is 0 Å². The van der Waals surface area contributed by atoms with Crippen LogP contribution in [0.1, 0.15) is 6.92 Å². The van der Waals surface area contributed by atoms with Crippen LogP contribution in [0.15, 0.2) is 56.7 Å². The molecule has 0 saturated carbocycles. The van der Waals surface area contributed by atoms with Crippen molar-refractivity contribution in [2.45, 2.75) is 16.7 Å². The summed E-state index contributed by atoms with van der Waals surface area (Å²) < 4.78 is 0.999. The minimum absolute atomic E-state index is 0.0726. The van der Waals surface area contributed by atoms with Crippen LogP contribution in [0.5, 0.6) is 0 Å². The smallest absolute Gasteiger partial charge is 0.221 e. The molecule has 5 heteroatoms. The molecule has 0 aromatic heterocycles. The van der Waals surface area contributed by atoms with Gasteiger partial charge in [0, 0.05) is 32.6 Å². The first-order valence-electron chi connectivity index (χ1n) is 5.65. The topological polar surface area (TPSA) is 55.1 Å². The molecule has 0 radical (unpaired) electrons. The normalized spacial score (nSPS) is 10.2. The standard InChI is InChI=1S/C14H13BrN2OS/c1-9(18)17-11-3-5-12(6-4-11)19-14-8-10(15)2-7-13(14)16/h2-8H,16H2,1H3,(H,17,18). The fourth-order valence-corrected chi connectivity index (χ4v) is 2.94. The van der Waals surface area contributed by atoms with E-state index in [0.717, 1.165) is 25.6 Å². The zero-order valence-corrected chi connectivity index (χ0v) is 12.7. The molecule has 0 aliphatic heterocycles. The average Bonchev–Trinajstić information content (AvgIpc) is 2.35. The molecule has 0 aliphatic carbocycles. The summed E-state index contributed by atoms with van der Waals surface area (Å²) in [5, 5.41) is 2.74. The molecule has 0 fully saturated rings. The van der Waals surface area contributed by atoms with E-state index in [1.54, 1.807) is 11.8 Å². The fraction of sp³-hybridized carbons (Fsp3) is 0.0714. The van der Waals surface area contributed by atoms with Crippen molar-refractivity contribution in [1.29, 1.82) is 0 Å². The van der Waals surface area contributed by atoms with Crippen molar-refractivity contribution in [1.82, 2.24) is 0 Å². The number of benzene rings is 2. The molecule has 19 heavy (non-hydrogen) atoms. The number of hydrogen-bond acceptors (Lipinski definition) is 3. The number of carbonyl (C=O) groups is 1. The highest BCUT2D eigenvalue weighted by atomic mass is 79.9. The zero-order valence-electron chi connectivity index (χ0n) is 10.3. The summed E-state index contributed by atoms with van der Waals surface area (Å²) in [6, 6.07) is 13.4. The number of amides is 1. The van der Waals surface area contributed by atoms with Gasteiger partial charge in [-0.15, -0.1) is 0 Å². The Bertz CT molecular complexity index is 599. The van der Waals surface area contributed by atoms with Crippen molar-refractivity contribution in [3.63, 3.8) is 0 Å². The molecule has 0 spiro atoms. The number of nitrogen functional groups attached to an aromatic ring is 1. The van der Waals surface area contributed by atoms with Crippen molar-refractivity contribution >= 4 is 45.0 Å². The maximum atomic E-state index is 10.9. The van der Waals surface area contributed by atoms with Gasteiger partial charge < -0.3 is 11.1 Å². The third kappa shape index (κ3) is 4.01. The van der Waals surface area contributed by atoms with Crippen LogP contribution in [0.25, 0.3) is 0 Å². The number of anilines is 2. The second-order valence-corrected chi connectivity index (χ2v) is 6.02. The Hall–Kier alpha value is -1.46. The van der Waals surface area contributed by atoms with E-state index in [-0.39, 0.29) is 5.91 Å². The summed E-state index contributed by atoms with van der Waals surface area (Å²) in [5.74, 6) is -0.0726. The Morgan fingerprint density at radius 3 is 2.53 bits per heavy atom. The van der Waals surface area contributed by atoms with Crippen LogP contribution in [-0.4, -0.2) is 5.91 Å². The molecule has 2 aromatic rings. The van der Waals surface area contributed by atoms with Gasteiger partial charge in [0.2, 0.25) is 5.91 Å². The zero-order chi connectivity index (χ0) is 13.8. The minimum atomic E-state index is -0.0726. The van der Waals surface area contributed by atoms with Gasteiger partial charge in [-0.3, -0.25) is 4.79 Å². The first-order chi connectivity index (χ1) is 9.04. The lowest BCUT2D eigenvalue weighted by Gasteiger charge is -2.07. The Kier molecular flexibility index (Phi) is 4.50. The monoisotopic (exact) mass is 336 g/mol. The molecule has 0 saturated heterocycles. The summed E-state index contributed by atoms with van der Waals surface area (Å²) in [5.41, 5.74) is 7.47. The van der Waals surface area contributed by atoms with Crippen LogP contribution in [0.3, 0.4) is 0 Å². The van der Waals surface area contributed by atoms with E-state index in [9.17, 15) is 4.79 Å². The third-order valence-electron chi connectivity index (χ3n) is 2.38. The van der Waals surface area contributed by atoms with Gasteiger partial charge in [-0.25, -0.2) is 0 Å². The number of hydrogen-bond donors (Lipinski definition) is 2. The van der Waals surface area contributed by atoms with E-state index in [4.69, 9.17) is 5.73 Å². The number of rotatable bonds is 3. The van der Waals surface area contributed by atoms with E-state index in [0.29, 0.717) is 0 Å². The Balaban J connectivity index is 2.15. The van der Waals surface area contributed by atoms with Crippen LogP contribution in [0, 0.1) is 0 Å². The van der Waals surface area contributed by atoms with Gasteiger partial charge in [0.1, 0.15) is 0 Å². The molecule has 98 valence electrons. The van der Waals surface area contributed by atoms with Crippen LogP contribution in [-0.2, 0) is 4.79 Å². The Morgan fingerprint density at radius 1 is 1.21 bits per heavy atom. The molecular formula is C14H13BrN2OS. The maximum Gasteiger partial charge on any atom is 0.221 e. The van der Waals surface area contributed by atoms with Crippen molar-refractivity contribution < 1.29 is 4.79 Å². The highest BCUT2D eigenvalue weighted by Crippen LogP contribution is 2.34. The summed E-state index contributed by atoms with van der Waals surface area (Å²) >= 11 is 5.02. The van der Waals surface area contributed by atoms with Gasteiger partial charge in [0.15, 0.2) is 0 Å². The van der Waals surface area contributed by atoms with E-state index >= 15 is 0 Å². The number of carbonyl (C=O) groups excluding carboxylic acids is 1. The molecule has 0 atom stereocenters. The third-order valence-corrected chi connectivity index (χ3v) is 3.95. The first kappa shape index (κ1) is 14.0. The van der Waals surface area contributed by atoms with Crippen molar-refractivity contribution in [2.24, 2.45) is 0 Å². The van der Waals surface area contributed by atoms with Gasteiger partial charge in [-0.1, -0.05) is 27.7 Å². The van der Waals surface area contributed by atoms with Gasteiger partial charge in [0.25, 0.3) is 0 Å². The Morgan fingerprint density at radius 2 is 1.89 bits per heavy atom. The summed E-state index contributed by atoms with van der Waals surface area (Å²) in [6.07, 6.45) is 0. The molecule has 3 N–H and O–H groups in total. The van der Waals surface area contributed by atoms with Crippen LogP contribution >= 0.6 is 27.7 Å².